The molecule has 0 radical (unpaired) electrons. The fourth-order valence-electron chi connectivity index (χ4n) is 4.74. The van der Waals surface area contributed by atoms with Gasteiger partial charge >= 0.3 is 0 Å². The van der Waals surface area contributed by atoms with E-state index < -0.39 is 10.0 Å². The number of piperidine rings is 1. The van der Waals surface area contributed by atoms with Crippen LogP contribution in [0.2, 0.25) is 0 Å². The van der Waals surface area contributed by atoms with Crippen molar-refractivity contribution in [2.45, 2.75) is 51.6 Å². The molecule has 6 nitrogen and oxygen atoms in total. The summed E-state index contributed by atoms with van der Waals surface area (Å²) < 4.78 is 27.0. The van der Waals surface area contributed by atoms with Crippen LogP contribution in [0, 0.1) is 0 Å². The van der Waals surface area contributed by atoms with Gasteiger partial charge in [0, 0.05) is 30.7 Å². The quantitative estimate of drug-likeness (QED) is 0.454. The number of hydrogen-bond donors (Lipinski definition) is 0. The van der Waals surface area contributed by atoms with Gasteiger partial charge in [-0.2, -0.15) is 0 Å². The SMILES string of the molecule is CCCCS(=O)(=O)N1CCC(N(C(=O)c2cc3ccccc3cn2)[C@@H](C)c2ccccc2)CC1. The van der Waals surface area contributed by atoms with Gasteiger partial charge in [0.1, 0.15) is 5.69 Å². The smallest absolute Gasteiger partial charge is 0.273 e. The average Bonchev–Trinajstić information content (AvgIpc) is 2.88. The van der Waals surface area contributed by atoms with Gasteiger partial charge in [0.25, 0.3) is 5.91 Å². The molecule has 180 valence electrons. The zero-order valence-corrected chi connectivity index (χ0v) is 20.7. The van der Waals surface area contributed by atoms with Gasteiger partial charge in [-0.15, -0.1) is 0 Å². The Morgan fingerprint density at radius 2 is 1.71 bits per heavy atom. The van der Waals surface area contributed by atoms with Gasteiger partial charge < -0.3 is 4.90 Å². The molecule has 1 amide bonds. The molecule has 1 saturated heterocycles. The number of aromatic nitrogens is 1. The third-order valence-corrected chi connectivity index (χ3v) is 8.71. The molecule has 34 heavy (non-hydrogen) atoms. The molecule has 0 bridgehead atoms. The van der Waals surface area contributed by atoms with Crippen LogP contribution >= 0.6 is 0 Å². The summed E-state index contributed by atoms with van der Waals surface area (Å²) in [6, 6.07) is 19.5. The lowest BCUT2D eigenvalue weighted by Gasteiger charge is -2.41. The number of carbonyl (C=O) groups excluding carboxylic acids is 1. The minimum atomic E-state index is -3.25. The Morgan fingerprint density at radius 1 is 1.06 bits per heavy atom. The van der Waals surface area contributed by atoms with Crippen molar-refractivity contribution in [3.8, 4) is 0 Å². The van der Waals surface area contributed by atoms with Gasteiger partial charge in [-0.25, -0.2) is 12.7 Å². The van der Waals surface area contributed by atoms with Crippen LogP contribution in [0.5, 0.6) is 0 Å². The Bertz CT molecular complexity index is 1220. The summed E-state index contributed by atoms with van der Waals surface area (Å²) in [5.74, 6) is 0.0764. The number of pyridine rings is 1. The predicted molar refractivity (Wildman–Crippen MR) is 136 cm³/mol. The van der Waals surface area contributed by atoms with Crippen molar-refractivity contribution in [2.24, 2.45) is 0 Å². The standard InChI is InChI=1S/C27H33N3O3S/c1-3-4-18-34(32,33)29-16-14-25(15-17-29)30(21(2)22-10-6-5-7-11-22)27(31)26-19-23-12-8-9-13-24(23)20-28-26/h5-13,19-21,25H,3-4,14-18H2,1-2H3/t21-/m0/s1. The van der Waals surface area contributed by atoms with Crippen LogP contribution < -0.4 is 0 Å². The Labute approximate surface area is 202 Å². The Morgan fingerprint density at radius 3 is 2.38 bits per heavy atom. The summed E-state index contributed by atoms with van der Waals surface area (Å²) in [6.07, 6.45) is 4.50. The highest BCUT2D eigenvalue weighted by atomic mass is 32.2. The van der Waals surface area contributed by atoms with Gasteiger partial charge in [0.05, 0.1) is 11.8 Å². The van der Waals surface area contributed by atoms with Crippen LogP contribution in [-0.4, -0.2) is 53.4 Å². The molecule has 1 fully saturated rings. The zero-order valence-electron chi connectivity index (χ0n) is 19.9. The monoisotopic (exact) mass is 479 g/mol. The zero-order chi connectivity index (χ0) is 24.1. The first-order valence-electron chi connectivity index (χ1n) is 12.1. The van der Waals surface area contributed by atoms with Gasteiger partial charge in [0.2, 0.25) is 10.0 Å². The molecule has 0 aliphatic carbocycles. The van der Waals surface area contributed by atoms with Crippen molar-refractivity contribution in [3.63, 3.8) is 0 Å². The minimum Gasteiger partial charge on any atom is -0.327 e. The highest BCUT2D eigenvalue weighted by Gasteiger charge is 2.35. The van der Waals surface area contributed by atoms with E-state index in [0.717, 1.165) is 22.8 Å². The molecule has 1 aromatic heterocycles. The van der Waals surface area contributed by atoms with Crippen LogP contribution in [0.4, 0.5) is 0 Å². The van der Waals surface area contributed by atoms with E-state index in [9.17, 15) is 13.2 Å². The molecule has 3 aromatic rings. The lowest BCUT2D eigenvalue weighted by atomic mass is 9.98. The molecule has 4 rings (SSSR count). The van der Waals surface area contributed by atoms with E-state index >= 15 is 0 Å². The number of hydrogen-bond acceptors (Lipinski definition) is 4. The number of nitrogens with zero attached hydrogens (tertiary/aromatic N) is 3. The molecule has 2 aromatic carbocycles. The van der Waals surface area contributed by atoms with Crippen LogP contribution in [0.25, 0.3) is 10.8 Å². The van der Waals surface area contributed by atoms with E-state index in [1.54, 1.807) is 10.5 Å². The molecule has 1 aliphatic heterocycles. The number of benzene rings is 2. The van der Waals surface area contributed by atoms with Crippen molar-refractivity contribution in [2.75, 3.05) is 18.8 Å². The maximum Gasteiger partial charge on any atom is 0.273 e. The topological polar surface area (TPSA) is 70.6 Å². The molecular weight excluding hydrogens is 446 g/mol. The third-order valence-electron chi connectivity index (χ3n) is 6.75. The van der Waals surface area contributed by atoms with Crippen molar-refractivity contribution in [3.05, 3.63) is 78.1 Å². The van der Waals surface area contributed by atoms with Crippen molar-refractivity contribution in [1.29, 1.82) is 0 Å². The number of sulfonamides is 1. The predicted octanol–water partition coefficient (Wildman–Crippen LogP) is 5.03. The average molecular weight is 480 g/mol. The van der Waals surface area contributed by atoms with Gasteiger partial charge in [0.15, 0.2) is 0 Å². The second-order valence-electron chi connectivity index (χ2n) is 9.02. The second kappa shape index (κ2) is 10.7. The molecule has 1 atom stereocenters. The van der Waals surface area contributed by atoms with E-state index in [2.05, 4.69) is 4.98 Å². The van der Waals surface area contributed by atoms with E-state index in [-0.39, 0.29) is 23.7 Å². The van der Waals surface area contributed by atoms with Crippen LogP contribution in [0.15, 0.2) is 66.9 Å². The Hall–Kier alpha value is -2.77. The highest BCUT2D eigenvalue weighted by Crippen LogP contribution is 2.30. The molecule has 2 heterocycles. The summed E-state index contributed by atoms with van der Waals surface area (Å²) in [6.45, 7) is 4.91. The first-order valence-corrected chi connectivity index (χ1v) is 13.7. The van der Waals surface area contributed by atoms with E-state index in [0.29, 0.717) is 38.0 Å². The summed E-state index contributed by atoms with van der Waals surface area (Å²) in [5, 5.41) is 1.97. The number of unbranched alkanes of at least 4 members (excludes halogenated alkanes) is 1. The fraction of sp³-hybridized carbons (Fsp3) is 0.407. The number of amides is 1. The highest BCUT2D eigenvalue weighted by molar-refractivity contribution is 7.89. The lowest BCUT2D eigenvalue weighted by molar-refractivity contribution is 0.0505. The lowest BCUT2D eigenvalue weighted by Crippen LogP contribution is -2.50. The number of carbonyl (C=O) groups is 1. The van der Waals surface area contributed by atoms with Crippen molar-refractivity contribution in [1.82, 2.24) is 14.2 Å². The Balaban J connectivity index is 1.60. The van der Waals surface area contributed by atoms with Gasteiger partial charge in [-0.1, -0.05) is 67.9 Å². The van der Waals surface area contributed by atoms with E-state index in [1.807, 2.05) is 79.4 Å². The van der Waals surface area contributed by atoms with Crippen LogP contribution in [-0.2, 0) is 10.0 Å². The fourth-order valence-corrected chi connectivity index (χ4v) is 6.42. The van der Waals surface area contributed by atoms with Crippen molar-refractivity contribution < 1.29 is 13.2 Å². The number of rotatable bonds is 8. The van der Waals surface area contributed by atoms with Gasteiger partial charge in [-0.3, -0.25) is 9.78 Å². The molecule has 0 unspecified atom stereocenters. The largest absolute Gasteiger partial charge is 0.327 e. The minimum absolute atomic E-state index is 0.0615. The normalized spacial score (nSPS) is 16.4. The first kappa shape index (κ1) is 24.4. The molecule has 0 spiro atoms. The van der Waals surface area contributed by atoms with E-state index in [1.165, 1.54) is 0 Å². The van der Waals surface area contributed by atoms with Crippen LogP contribution in [0.3, 0.4) is 0 Å². The maximum atomic E-state index is 13.9. The summed E-state index contributed by atoms with van der Waals surface area (Å²) >= 11 is 0. The van der Waals surface area contributed by atoms with E-state index in [4.69, 9.17) is 0 Å². The number of fused-ring (bicyclic) bond motifs is 1. The molecule has 7 heteroatoms. The molecule has 0 saturated carbocycles. The summed E-state index contributed by atoms with van der Waals surface area (Å²) in [4.78, 5) is 20.3. The first-order chi connectivity index (χ1) is 16.4. The third kappa shape index (κ3) is 5.31. The van der Waals surface area contributed by atoms with Gasteiger partial charge in [-0.05, 0) is 43.2 Å². The van der Waals surface area contributed by atoms with Crippen molar-refractivity contribution >= 4 is 26.7 Å². The molecule has 0 N–H and O–H groups in total. The van der Waals surface area contributed by atoms with Crippen LogP contribution in [0.1, 0.15) is 61.6 Å². The molecular formula is C27H33N3O3S. The second-order valence-corrected chi connectivity index (χ2v) is 11.1. The summed E-state index contributed by atoms with van der Waals surface area (Å²) in [5.41, 5.74) is 1.47. The molecule has 1 aliphatic rings. The summed E-state index contributed by atoms with van der Waals surface area (Å²) in [7, 11) is -3.25. The Kier molecular flexibility index (Phi) is 7.63. The maximum absolute atomic E-state index is 13.9.